The van der Waals surface area contributed by atoms with Crippen LogP contribution in [0.1, 0.15) is 83.8 Å². The standard InChI is InChI=1S/C35H42O12/c1-8-35(47-21(5)39)16-14-27-26-11-9-22-17-23(10-12-24(22)25(26)13-15-34(27,35)6)45-33-31(44-20(4)38)29(43-19(3)37)28(42-18(2)36)30(46-33)32(40)41-7/h1,10,12,17,25-31,33H,9,11,13-16H2,2-7H3. The van der Waals surface area contributed by atoms with Crippen LogP contribution in [0.3, 0.4) is 0 Å². The van der Waals surface area contributed by atoms with Gasteiger partial charge in [0.05, 0.1) is 7.11 Å². The SMILES string of the molecule is C#CC1(OC(C)=O)CCC2C3CCc4cc(OC5OC(C(=O)OC)C(OC(C)=O)C(OC(C)=O)C5OC(C)=O)ccc4C3CCC21C. The Morgan fingerprint density at radius 2 is 1.53 bits per heavy atom. The van der Waals surface area contributed by atoms with Gasteiger partial charge in [0.15, 0.2) is 23.9 Å². The monoisotopic (exact) mass is 654 g/mol. The van der Waals surface area contributed by atoms with Crippen LogP contribution in [0.25, 0.3) is 0 Å². The Morgan fingerprint density at radius 1 is 0.872 bits per heavy atom. The molecule has 10 unspecified atom stereocenters. The van der Waals surface area contributed by atoms with Crippen molar-refractivity contribution in [3.05, 3.63) is 29.3 Å². The quantitative estimate of drug-likeness (QED) is 0.240. The van der Waals surface area contributed by atoms with Crippen molar-refractivity contribution >= 4 is 29.8 Å². The van der Waals surface area contributed by atoms with E-state index in [1.165, 1.54) is 12.5 Å². The Hall–Kier alpha value is -4.11. The highest BCUT2D eigenvalue weighted by atomic mass is 16.7. The molecule has 0 amide bonds. The van der Waals surface area contributed by atoms with Crippen molar-refractivity contribution in [1.82, 2.24) is 0 Å². The molecule has 2 saturated carbocycles. The van der Waals surface area contributed by atoms with Crippen LogP contribution in [0.5, 0.6) is 5.75 Å². The minimum atomic E-state index is -1.55. The number of aryl methyl sites for hydroxylation is 1. The van der Waals surface area contributed by atoms with E-state index in [4.69, 9.17) is 39.6 Å². The summed E-state index contributed by atoms with van der Waals surface area (Å²) >= 11 is 0. The van der Waals surface area contributed by atoms with Gasteiger partial charge in [0, 0.05) is 33.1 Å². The molecule has 3 aliphatic carbocycles. The maximum atomic E-state index is 12.8. The van der Waals surface area contributed by atoms with Crippen LogP contribution in [-0.2, 0) is 58.8 Å². The number of rotatable bonds is 7. The van der Waals surface area contributed by atoms with E-state index < -0.39 is 60.2 Å². The molecule has 4 aliphatic rings. The fourth-order valence-electron chi connectivity index (χ4n) is 8.62. The normalized spacial score (nSPS) is 35.4. The third-order valence-electron chi connectivity index (χ3n) is 10.5. The van der Waals surface area contributed by atoms with E-state index in [0.717, 1.165) is 65.5 Å². The minimum Gasteiger partial charge on any atom is -0.467 e. The van der Waals surface area contributed by atoms with Crippen molar-refractivity contribution in [2.75, 3.05) is 7.11 Å². The van der Waals surface area contributed by atoms with E-state index in [0.29, 0.717) is 24.0 Å². The second-order valence-corrected chi connectivity index (χ2v) is 13.1. The number of benzene rings is 1. The summed E-state index contributed by atoms with van der Waals surface area (Å²) in [5, 5.41) is 0. The van der Waals surface area contributed by atoms with Crippen molar-refractivity contribution in [3.8, 4) is 18.1 Å². The van der Waals surface area contributed by atoms with Gasteiger partial charge in [0.2, 0.25) is 12.4 Å². The number of hydrogen-bond acceptors (Lipinski definition) is 12. The van der Waals surface area contributed by atoms with Crippen molar-refractivity contribution in [3.63, 3.8) is 0 Å². The second kappa shape index (κ2) is 13.2. The molecule has 1 aromatic rings. The number of ether oxygens (including phenoxy) is 7. The van der Waals surface area contributed by atoms with Gasteiger partial charge >= 0.3 is 29.8 Å². The molecule has 0 N–H and O–H groups in total. The lowest BCUT2D eigenvalue weighted by Gasteiger charge is -2.52. The first-order valence-corrected chi connectivity index (χ1v) is 16.0. The van der Waals surface area contributed by atoms with Gasteiger partial charge in [-0.2, -0.15) is 0 Å². The zero-order valence-electron chi connectivity index (χ0n) is 27.6. The summed E-state index contributed by atoms with van der Waals surface area (Å²) in [6, 6.07) is 5.71. The van der Waals surface area contributed by atoms with Gasteiger partial charge in [-0.25, -0.2) is 4.79 Å². The molecule has 10 atom stereocenters. The molecule has 1 saturated heterocycles. The van der Waals surface area contributed by atoms with E-state index in [9.17, 15) is 24.0 Å². The number of esters is 5. The predicted octanol–water partition coefficient (Wildman–Crippen LogP) is 3.55. The topological polar surface area (TPSA) is 150 Å². The first kappa shape index (κ1) is 34.2. The summed E-state index contributed by atoms with van der Waals surface area (Å²) < 4.78 is 39.1. The smallest absolute Gasteiger partial charge is 0.339 e. The van der Waals surface area contributed by atoms with Gasteiger partial charge < -0.3 is 33.2 Å². The highest BCUT2D eigenvalue weighted by molar-refractivity contribution is 5.77. The largest absolute Gasteiger partial charge is 0.467 e. The molecule has 12 nitrogen and oxygen atoms in total. The number of terminal acetylenes is 1. The lowest BCUT2D eigenvalue weighted by Crippen LogP contribution is -2.64. The molecular weight excluding hydrogens is 612 g/mol. The van der Waals surface area contributed by atoms with Gasteiger partial charge in [-0.15, -0.1) is 6.42 Å². The Bertz CT molecular complexity index is 1480. The highest BCUT2D eigenvalue weighted by Gasteiger charge is 2.63. The van der Waals surface area contributed by atoms with Crippen LogP contribution in [0.15, 0.2) is 18.2 Å². The van der Waals surface area contributed by atoms with Crippen LogP contribution in [0.4, 0.5) is 0 Å². The molecule has 0 spiro atoms. The third-order valence-corrected chi connectivity index (χ3v) is 10.5. The molecule has 1 heterocycles. The molecule has 0 bridgehead atoms. The van der Waals surface area contributed by atoms with Gasteiger partial charge in [0.1, 0.15) is 5.75 Å². The van der Waals surface area contributed by atoms with E-state index in [1.54, 1.807) is 6.07 Å². The Balaban J connectivity index is 1.42. The van der Waals surface area contributed by atoms with Gasteiger partial charge in [-0.05, 0) is 79.5 Å². The van der Waals surface area contributed by atoms with E-state index >= 15 is 0 Å². The van der Waals surface area contributed by atoms with Gasteiger partial charge in [0.25, 0.3) is 0 Å². The molecule has 0 aromatic heterocycles. The minimum absolute atomic E-state index is 0.290. The summed E-state index contributed by atoms with van der Waals surface area (Å²) in [5.74, 6) is 0.676. The lowest BCUT2D eigenvalue weighted by molar-refractivity contribution is -0.282. The second-order valence-electron chi connectivity index (χ2n) is 13.1. The van der Waals surface area contributed by atoms with Crippen LogP contribution in [0.2, 0.25) is 0 Å². The molecule has 3 fully saturated rings. The first-order valence-electron chi connectivity index (χ1n) is 16.0. The summed E-state index contributed by atoms with van der Waals surface area (Å²) in [5.41, 5.74) is 1.10. The zero-order chi connectivity index (χ0) is 34.3. The van der Waals surface area contributed by atoms with Gasteiger partial charge in [-0.3, -0.25) is 19.2 Å². The Labute approximate surface area is 274 Å². The Kier molecular flexibility index (Phi) is 9.60. The molecule has 5 rings (SSSR count). The maximum Gasteiger partial charge on any atom is 0.339 e. The van der Waals surface area contributed by atoms with Crippen molar-refractivity contribution in [1.29, 1.82) is 0 Å². The highest BCUT2D eigenvalue weighted by Crippen LogP contribution is 2.65. The maximum absolute atomic E-state index is 12.8. The van der Waals surface area contributed by atoms with Crippen LogP contribution < -0.4 is 4.74 Å². The van der Waals surface area contributed by atoms with Crippen molar-refractivity contribution < 1.29 is 57.1 Å². The molecule has 47 heavy (non-hydrogen) atoms. The van der Waals surface area contributed by atoms with E-state index in [2.05, 4.69) is 12.8 Å². The molecule has 1 aliphatic heterocycles. The van der Waals surface area contributed by atoms with Crippen LogP contribution in [-0.4, -0.2) is 73.3 Å². The number of hydrogen-bond donors (Lipinski definition) is 0. The fraction of sp³-hybridized carbons (Fsp3) is 0.629. The summed E-state index contributed by atoms with van der Waals surface area (Å²) in [7, 11) is 1.13. The number of carbonyl (C=O) groups is 5. The van der Waals surface area contributed by atoms with E-state index in [-0.39, 0.29) is 17.3 Å². The average Bonchev–Trinajstić information content (AvgIpc) is 3.30. The predicted molar refractivity (Wildman–Crippen MR) is 162 cm³/mol. The summed E-state index contributed by atoms with van der Waals surface area (Å²) in [4.78, 5) is 61.1. The van der Waals surface area contributed by atoms with Gasteiger partial charge in [-0.1, -0.05) is 18.9 Å². The number of fused-ring (bicyclic) bond motifs is 5. The molecule has 0 radical (unpaired) electrons. The van der Waals surface area contributed by atoms with Crippen LogP contribution >= 0.6 is 0 Å². The first-order chi connectivity index (χ1) is 22.2. The molecule has 254 valence electrons. The lowest BCUT2D eigenvalue weighted by atomic mass is 9.53. The van der Waals surface area contributed by atoms with Crippen molar-refractivity contribution in [2.24, 2.45) is 17.3 Å². The van der Waals surface area contributed by atoms with E-state index in [1.807, 2.05) is 12.1 Å². The number of carbonyl (C=O) groups excluding carboxylic acids is 5. The molecule has 1 aromatic carbocycles. The summed E-state index contributed by atoms with van der Waals surface area (Å²) in [6.45, 7) is 6.99. The summed E-state index contributed by atoms with van der Waals surface area (Å²) in [6.07, 6.45) is 3.68. The van der Waals surface area contributed by atoms with Crippen molar-refractivity contribution in [2.45, 2.75) is 115 Å². The average molecular weight is 655 g/mol. The molecular formula is C35H42O12. The zero-order valence-corrected chi connectivity index (χ0v) is 27.6. The number of methoxy groups -OCH3 is 1. The van der Waals surface area contributed by atoms with Crippen LogP contribution in [0, 0.1) is 29.6 Å². The third kappa shape index (κ3) is 6.30. The molecule has 12 heteroatoms. The Morgan fingerprint density at radius 3 is 2.15 bits per heavy atom. The fourth-order valence-corrected chi connectivity index (χ4v) is 8.62.